The Kier molecular flexibility index (Phi) is 3.50. The smallest absolute Gasteiger partial charge is 0.137 e. The third kappa shape index (κ3) is 1.85. The van der Waals surface area contributed by atoms with E-state index < -0.39 is 11.7 Å². The maximum absolute atomic E-state index is 12.7. The molecule has 0 aromatic heterocycles. The van der Waals surface area contributed by atoms with Crippen molar-refractivity contribution in [1.29, 1.82) is 5.41 Å². The Balaban J connectivity index is 0.00000121. The molecule has 3 nitrogen and oxygen atoms in total. The van der Waals surface area contributed by atoms with Crippen molar-refractivity contribution in [2.24, 2.45) is 5.73 Å². The lowest BCUT2D eigenvalue weighted by atomic mass is 10.2. The fraction of sp³-hybridized carbons (Fsp3) is 0. The summed E-state index contributed by atoms with van der Waals surface area (Å²) in [5.74, 6) is -1.46. The van der Waals surface area contributed by atoms with Crippen LogP contribution in [0, 0.1) is 11.2 Å². The highest BCUT2D eigenvalue weighted by Crippen LogP contribution is 2.18. The predicted molar refractivity (Wildman–Crippen MR) is 46.3 cm³/mol. The summed E-state index contributed by atoms with van der Waals surface area (Å²) in [6, 6.07) is 3.76. The molecule has 0 aliphatic heterocycles. The monoisotopic (exact) mass is 190 g/mol. The number of rotatable bonds is 1. The highest BCUT2D eigenvalue weighted by atomic mass is 35.5. The molecule has 12 heavy (non-hydrogen) atoms. The number of hydrogen-bond donors (Lipinski definition) is 3. The minimum absolute atomic E-state index is 0. The van der Waals surface area contributed by atoms with Gasteiger partial charge in [-0.3, -0.25) is 5.41 Å². The van der Waals surface area contributed by atoms with Crippen LogP contribution in [0.4, 0.5) is 4.39 Å². The van der Waals surface area contributed by atoms with Gasteiger partial charge < -0.3 is 10.8 Å². The lowest BCUT2D eigenvalue weighted by molar-refractivity contribution is 0.467. The third-order valence-corrected chi connectivity index (χ3v) is 1.26. The molecule has 0 radical (unpaired) electrons. The number of amidine groups is 1. The van der Waals surface area contributed by atoms with Gasteiger partial charge in [0.2, 0.25) is 0 Å². The van der Waals surface area contributed by atoms with Crippen molar-refractivity contribution in [1.82, 2.24) is 0 Å². The second-order valence-corrected chi connectivity index (χ2v) is 2.05. The van der Waals surface area contributed by atoms with Crippen molar-refractivity contribution >= 4 is 18.2 Å². The summed E-state index contributed by atoms with van der Waals surface area (Å²) in [4.78, 5) is 0. The zero-order chi connectivity index (χ0) is 8.43. The van der Waals surface area contributed by atoms with Crippen LogP contribution in [0.25, 0.3) is 0 Å². The first-order chi connectivity index (χ1) is 5.13. The average molecular weight is 191 g/mol. The van der Waals surface area contributed by atoms with Gasteiger partial charge in [-0.2, -0.15) is 0 Å². The van der Waals surface area contributed by atoms with Crippen molar-refractivity contribution in [3.63, 3.8) is 0 Å². The quantitative estimate of drug-likeness (QED) is 0.461. The summed E-state index contributed by atoms with van der Waals surface area (Å²) in [7, 11) is 0. The average Bonchev–Trinajstić information content (AvgIpc) is 1.85. The minimum atomic E-state index is -0.683. The number of nitrogen functional groups attached to an aromatic ring is 1. The van der Waals surface area contributed by atoms with E-state index in [9.17, 15) is 4.39 Å². The van der Waals surface area contributed by atoms with Crippen molar-refractivity contribution in [2.75, 3.05) is 0 Å². The van der Waals surface area contributed by atoms with Crippen LogP contribution in [0.2, 0.25) is 0 Å². The van der Waals surface area contributed by atoms with Crippen molar-refractivity contribution in [3.05, 3.63) is 29.6 Å². The predicted octanol–water partition coefficient (Wildman–Crippen LogP) is 1.24. The minimum Gasteiger partial charge on any atom is -0.507 e. The van der Waals surface area contributed by atoms with Crippen LogP contribution in [-0.4, -0.2) is 10.9 Å². The molecule has 0 saturated heterocycles. The lowest BCUT2D eigenvalue weighted by Crippen LogP contribution is -2.13. The fourth-order valence-electron chi connectivity index (χ4n) is 0.779. The normalized spacial score (nSPS) is 8.75. The van der Waals surface area contributed by atoms with Gasteiger partial charge in [0.25, 0.3) is 0 Å². The first-order valence-electron chi connectivity index (χ1n) is 2.95. The Labute approximate surface area is 74.9 Å². The summed E-state index contributed by atoms with van der Waals surface area (Å²) < 4.78 is 12.7. The zero-order valence-corrected chi connectivity index (χ0v) is 6.86. The Morgan fingerprint density at radius 1 is 1.50 bits per heavy atom. The molecule has 0 fully saturated rings. The number of halogens is 2. The van der Waals surface area contributed by atoms with Gasteiger partial charge in [0, 0.05) is 0 Å². The van der Waals surface area contributed by atoms with E-state index in [1.807, 2.05) is 0 Å². The molecule has 1 aromatic rings. The number of hydrogen-bond acceptors (Lipinski definition) is 2. The second-order valence-electron chi connectivity index (χ2n) is 2.05. The van der Waals surface area contributed by atoms with Gasteiger partial charge in [0.1, 0.15) is 17.4 Å². The molecule has 1 aromatic carbocycles. The number of aromatic hydroxyl groups is 1. The molecule has 0 aliphatic carbocycles. The molecule has 1 rings (SSSR count). The molecular weight excluding hydrogens is 183 g/mol. The molecule has 0 atom stereocenters. The molecule has 0 aliphatic rings. The first kappa shape index (κ1) is 10.7. The van der Waals surface area contributed by atoms with E-state index in [1.165, 1.54) is 12.1 Å². The molecule has 0 bridgehead atoms. The van der Waals surface area contributed by atoms with Crippen LogP contribution in [0.5, 0.6) is 5.75 Å². The Morgan fingerprint density at radius 2 is 2.08 bits per heavy atom. The SMILES string of the molecule is Cl.N=C(N)c1c(O)cccc1F. The number of phenols is 1. The molecule has 0 heterocycles. The van der Waals surface area contributed by atoms with Crippen LogP contribution in [-0.2, 0) is 0 Å². The van der Waals surface area contributed by atoms with Crippen LogP contribution in [0.15, 0.2) is 18.2 Å². The summed E-state index contributed by atoms with van der Waals surface area (Å²) in [5, 5.41) is 15.9. The molecule has 0 spiro atoms. The zero-order valence-electron chi connectivity index (χ0n) is 6.04. The number of nitrogens with two attached hydrogens (primary N) is 1. The van der Waals surface area contributed by atoms with Crippen LogP contribution < -0.4 is 5.73 Å². The van der Waals surface area contributed by atoms with Gasteiger partial charge >= 0.3 is 0 Å². The van der Waals surface area contributed by atoms with Crippen molar-refractivity contribution in [2.45, 2.75) is 0 Å². The van der Waals surface area contributed by atoms with Crippen molar-refractivity contribution < 1.29 is 9.50 Å². The summed E-state index contributed by atoms with van der Waals surface area (Å²) >= 11 is 0. The van der Waals surface area contributed by atoms with Crippen LogP contribution in [0.1, 0.15) is 5.56 Å². The van der Waals surface area contributed by atoms with Gasteiger partial charge in [0.05, 0.1) is 5.56 Å². The van der Waals surface area contributed by atoms with E-state index in [0.29, 0.717) is 0 Å². The topological polar surface area (TPSA) is 70.1 Å². The molecule has 0 unspecified atom stereocenters. The number of nitrogens with one attached hydrogen (secondary N) is 1. The maximum atomic E-state index is 12.7. The molecule has 5 heteroatoms. The van der Waals surface area contributed by atoms with E-state index in [4.69, 9.17) is 16.2 Å². The largest absolute Gasteiger partial charge is 0.507 e. The summed E-state index contributed by atoms with van der Waals surface area (Å²) in [6.45, 7) is 0. The van der Waals surface area contributed by atoms with Gasteiger partial charge in [-0.1, -0.05) is 6.07 Å². The van der Waals surface area contributed by atoms with E-state index in [0.717, 1.165) is 6.07 Å². The Bertz CT molecular complexity index is 283. The lowest BCUT2D eigenvalue weighted by Gasteiger charge is -2.01. The molecular formula is C7H8ClFN2O. The second kappa shape index (κ2) is 3.92. The van der Waals surface area contributed by atoms with E-state index in [2.05, 4.69) is 0 Å². The Morgan fingerprint density at radius 3 is 2.42 bits per heavy atom. The number of benzene rings is 1. The molecule has 0 saturated carbocycles. The standard InChI is InChI=1S/C7H7FN2O.ClH/c8-4-2-1-3-5(11)6(4)7(9)10;/h1-3,11H,(H3,9,10);1H. The third-order valence-electron chi connectivity index (χ3n) is 1.26. The van der Waals surface area contributed by atoms with E-state index in [1.54, 1.807) is 0 Å². The van der Waals surface area contributed by atoms with Crippen molar-refractivity contribution in [3.8, 4) is 5.75 Å². The van der Waals surface area contributed by atoms with E-state index in [-0.39, 0.29) is 23.7 Å². The van der Waals surface area contributed by atoms with Crippen LogP contribution >= 0.6 is 12.4 Å². The van der Waals surface area contributed by atoms with Gasteiger partial charge in [-0.15, -0.1) is 12.4 Å². The summed E-state index contributed by atoms with van der Waals surface area (Å²) in [5.41, 5.74) is 4.76. The molecule has 4 N–H and O–H groups in total. The van der Waals surface area contributed by atoms with Gasteiger partial charge in [-0.25, -0.2) is 4.39 Å². The summed E-state index contributed by atoms with van der Waals surface area (Å²) in [6.07, 6.45) is 0. The van der Waals surface area contributed by atoms with E-state index >= 15 is 0 Å². The maximum Gasteiger partial charge on any atom is 0.137 e. The molecule has 66 valence electrons. The highest BCUT2D eigenvalue weighted by molar-refractivity contribution is 5.97. The molecule has 0 amide bonds. The number of phenolic OH excluding ortho intramolecular Hbond substituents is 1. The van der Waals surface area contributed by atoms with Gasteiger partial charge in [0.15, 0.2) is 0 Å². The highest BCUT2D eigenvalue weighted by Gasteiger charge is 2.08. The Hall–Kier alpha value is -1.29. The fourth-order valence-corrected chi connectivity index (χ4v) is 0.779. The van der Waals surface area contributed by atoms with Crippen LogP contribution in [0.3, 0.4) is 0 Å². The first-order valence-corrected chi connectivity index (χ1v) is 2.95. The van der Waals surface area contributed by atoms with Gasteiger partial charge in [-0.05, 0) is 12.1 Å².